The third-order valence-corrected chi connectivity index (χ3v) is 4.20. The molecule has 2 N–H and O–H groups in total. The van der Waals surface area contributed by atoms with E-state index in [4.69, 9.17) is 4.52 Å². The van der Waals surface area contributed by atoms with Gasteiger partial charge >= 0.3 is 6.03 Å². The highest BCUT2D eigenvalue weighted by atomic mass is 32.1. The largest absolute Gasteiger partial charge is 0.359 e. The fraction of sp³-hybridized carbons (Fsp3) is 0.235. The quantitative estimate of drug-likeness (QED) is 0.720. The highest BCUT2D eigenvalue weighted by molar-refractivity contribution is 7.15. The Morgan fingerprint density at radius 3 is 2.58 bits per heavy atom. The molecular weight excluding hydrogens is 324 g/mol. The summed E-state index contributed by atoms with van der Waals surface area (Å²) in [7, 11) is 0. The van der Waals surface area contributed by atoms with E-state index in [2.05, 4.69) is 20.8 Å². The molecule has 0 fully saturated rings. The molecule has 0 atom stereocenters. The van der Waals surface area contributed by atoms with E-state index in [0.29, 0.717) is 11.6 Å². The molecule has 0 aliphatic carbocycles. The number of amides is 2. The maximum Gasteiger partial charge on any atom is 0.325 e. The van der Waals surface area contributed by atoms with Gasteiger partial charge < -0.3 is 4.52 Å². The zero-order valence-corrected chi connectivity index (χ0v) is 14.5. The average Bonchev–Trinajstić information content (AvgIpc) is 3.17. The smallest absolute Gasteiger partial charge is 0.325 e. The number of carbonyl (C=O) groups is 1. The summed E-state index contributed by atoms with van der Waals surface area (Å²) < 4.78 is 5.26. The molecule has 3 aromatic rings. The van der Waals surface area contributed by atoms with Crippen LogP contribution in [0.25, 0.3) is 11.1 Å². The molecule has 6 nitrogen and oxygen atoms in total. The summed E-state index contributed by atoms with van der Waals surface area (Å²) >= 11 is 1.46. The van der Waals surface area contributed by atoms with Gasteiger partial charge in [-0.05, 0) is 29.1 Å². The number of hydrogen-bond acceptors (Lipinski definition) is 5. The lowest BCUT2D eigenvalue weighted by atomic mass is 9.93. The van der Waals surface area contributed by atoms with Gasteiger partial charge in [0.25, 0.3) is 0 Å². The van der Waals surface area contributed by atoms with Gasteiger partial charge in [-0.25, -0.2) is 4.79 Å². The topological polar surface area (TPSA) is 80.0 Å². The van der Waals surface area contributed by atoms with Crippen LogP contribution in [-0.4, -0.2) is 16.2 Å². The molecule has 24 heavy (non-hydrogen) atoms. The Labute approximate surface area is 143 Å². The second-order valence-electron chi connectivity index (χ2n) is 6.30. The van der Waals surface area contributed by atoms with Crippen molar-refractivity contribution in [2.45, 2.75) is 26.2 Å². The Morgan fingerprint density at radius 1 is 1.17 bits per heavy atom. The van der Waals surface area contributed by atoms with Crippen molar-refractivity contribution in [2.75, 3.05) is 10.6 Å². The molecule has 0 aliphatic rings. The SMILES string of the molecule is CC(C)(C)c1cc(NC(=O)Nc2sccc2-c2ccncc2)no1. The van der Waals surface area contributed by atoms with E-state index in [9.17, 15) is 4.79 Å². The van der Waals surface area contributed by atoms with Gasteiger partial charge in [-0.15, -0.1) is 11.3 Å². The van der Waals surface area contributed by atoms with E-state index in [1.165, 1.54) is 11.3 Å². The number of urea groups is 1. The van der Waals surface area contributed by atoms with E-state index >= 15 is 0 Å². The minimum Gasteiger partial charge on any atom is -0.359 e. The van der Waals surface area contributed by atoms with E-state index in [0.717, 1.165) is 16.1 Å². The fourth-order valence-corrected chi connectivity index (χ4v) is 2.91. The van der Waals surface area contributed by atoms with Crippen molar-refractivity contribution in [3.8, 4) is 11.1 Å². The third-order valence-electron chi connectivity index (χ3n) is 3.37. The summed E-state index contributed by atoms with van der Waals surface area (Å²) in [5, 5.41) is 12.1. The van der Waals surface area contributed by atoms with Crippen molar-refractivity contribution in [1.82, 2.24) is 10.1 Å². The molecule has 0 unspecified atom stereocenters. The lowest BCUT2D eigenvalue weighted by Crippen LogP contribution is -2.19. The fourth-order valence-electron chi connectivity index (χ4n) is 2.10. The van der Waals surface area contributed by atoms with Crippen LogP contribution in [0.3, 0.4) is 0 Å². The normalized spacial score (nSPS) is 11.3. The van der Waals surface area contributed by atoms with Crippen LogP contribution in [0, 0.1) is 0 Å². The van der Waals surface area contributed by atoms with Gasteiger partial charge in [0.1, 0.15) is 10.8 Å². The van der Waals surface area contributed by atoms with Crippen molar-refractivity contribution in [2.24, 2.45) is 0 Å². The predicted molar refractivity (Wildman–Crippen MR) is 95.4 cm³/mol. The van der Waals surface area contributed by atoms with Crippen LogP contribution in [0.4, 0.5) is 15.6 Å². The molecule has 0 saturated carbocycles. The van der Waals surface area contributed by atoms with Gasteiger partial charge in [0.05, 0.1) is 0 Å². The first-order valence-corrected chi connectivity index (χ1v) is 8.34. The van der Waals surface area contributed by atoms with Gasteiger partial charge in [-0.2, -0.15) is 0 Å². The zero-order valence-electron chi connectivity index (χ0n) is 13.7. The monoisotopic (exact) mass is 342 g/mol. The number of pyridine rings is 1. The summed E-state index contributed by atoms with van der Waals surface area (Å²) in [5.74, 6) is 1.10. The summed E-state index contributed by atoms with van der Waals surface area (Å²) in [5.41, 5.74) is 1.79. The first-order chi connectivity index (χ1) is 11.4. The van der Waals surface area contributed by atoms with Crippen molar-refractivity contribution >= 4 is 28.2 Å². The molecule has 0 aromatic carbocycles. The molecule has 3 rings (SSSR count). The average molecular weight is 342 g/mol. The zero-order chi connectivity index (χ0) is 17.2. The van der Waals surface area contributed by atoms with Crippen LogP contribution in [0.2, 0.25) is 0 Å². The Morgan fingerprint density at radius 2 is 1.92 bits per heavy atom. The Hall–Kier alpha value is -2.67. The first kappa shape index (κ1) is 16.2. The molecule has 0 saturated heterocycles. The van der Waals surface area contributed by atoms with Crippen LogP contribution in [0.5, 0.6) is 0 Å². The standard InChI is InChI=1S/C17H18N4O2S/c1-17(2,3)13-10-14(21-23-13)19-16(22)20-15-12(6-9-24-15)11-4-7-18-8-5-11/h4-10H,1-3H3,(H2,19,20,21,22). The second kappa shape index (κ2) is 6.45. The number of thiophene rings is 1. The van der Waals surface area contributed by atoms with Crippen molar-refractivity contribution in [3.05, 3.63) is 47.8 Å². The third kappa shape index (κ3) is 3.62. The van der Waals surface area contributed by atoms with Gasteiger partial charge in [0, 0.05) is 29.4 Å². The van der Waals surface area contributed by atoms with E-state index in [1.807, 2.05) is 44.4 Å². The maximum atomic E-state index is 12.2. The van der Waals surface area contributed by atoms with Crippen LogP contribution >= 0.6 is 11.3 Å². The summed E-state index contributed by atoms with van der Waals surface area (Å²) in [6.45, 7) is 6.05. The van der Waals surface area contributed by atoms with E-state index in [-0.39, 0.29) is 11.4 Å². The van der Waals surface area contributed by atoms with Crippen molar-refractivity contribution in [1.29, 1.82) is 0 Å². The summed E-state index contributed by atoms with van der Waals surface area (Å²) in [6.07, 6.45) is 3.44. The highest BCUT2D eigenvalue weighted by Gasteiger charge is 2.20. The first-order valence-electron chi connectivity index (χ1n) is 7.46. The highest BCUT2D eigenvalue weighted by Crippen LogP contribution is 2.33. The molecule has 0 aliphatic heterocycles. The predicted octanol–water partition coefficient (Wildman–Crippen LogP) is 4.74. The number of rotatable bonds is 3. The molecule has 7 heteroatoms. The number of carbonyl (C=O) groups excluding carboxylic acids is 1. The Bertz CT molecular complexity index is 834. The van der Waals surface area contributed by atoms with E-state index in [1.54, 1.807) is 18.5 Å². The second-order valence-corrected chi connectivity index (χ2v) is 7.22. The number of anilines is 2. The van der Waals surface area contributed by atoms with Gasteiger partial charge in [-0.3, -0.25) is 15.6 Å². The van der Waals surface area contributed by atoms with Crippen LogP contribution in [0.15, 0.2) is 46.6 Å². The van der Waals surface area contributed by atoms with E-state index < -0.39 is 0 Å². The molecular formula is C17H18N4O2S. The van der Waals surface area contributed by atoms with Crippen LogP contribution in [0.1, 0.15) is 26.5 Å². The lowest BCUT2D eigenvalue weighted by Gasteiger charge is -2.12. The van der Waals surface area contributed by atoms with Crippen LogP contribution in [-0.2, 0) is 5.41 Å². The van der Waals surface area contributed by atoms with Crippen LogP contribution < -0.4 is 10.6 Å². The minimum atomic E-state index is -0.360. The van der Waals surface area contributed by atoms with Gasteiger partial charge in [0.2, 0.25) is 0 Å². The Kier molecular flexibility index (Phi) is 4.35. The summed E-state index contributed by atoms with van der Waals surface area (Å²) in [6, 6.07) is 7.14. The molecule has 0 bridgehead atoms. The number of nitrogens with one attached hydrogen (secondary N) is 2. The molecule has 3 heterocycles. The molecule has 3 aromatic heterocycles. The molecule has 0 radical (unpaired) electrons. The molecule has 0 spiro atoms. The van der Waals surface area contributed by atoms with Gasteiger partial charge in [0.15, 0.2) is 5.82 Å². The molecule has 124 valence electrons. The minimum absolute atomic E-state index is 0.161. The lowest BCUT2D eigenvalue weighted by molar-refractivity contribution is 0.262. The van der Waals surface area contributed by atoms with Crippen molar-refractivity contribution in [3.63, 3.8) is 0 Å². The Balaban J connectivity index is 1.70. The molecule has 2 amide bonds. The summed E-state index contributed by atoms with van der Waals surface area (Å²) in [4.78, 5) is 16.2. The van der Waals surface area contributed by atoms with Gasteiger partial charge in [-0.1, -0.05) is 25.9 Å². The maximum absolute atomic E-state index is 12.2. The number of nitrogens with zero attached hydrogens (tertiary/aromatic N) is 2. The number of hydrogen-bond donors (Lipinski definition) is 2. The number of aromatic nitrogens is 2. The van der Waals surface area contributed by atoms with Crippen molar-refractivity contribution < 1.29 is 9.32 Å².